The van der Waals surface area contributed by atoms with E-state index in [9.17, 15) is 13.5 Å². The first-order valence-electron chi connectivity index (χ1n) is 7.09. The fourth-order valence-corrected chi connectivity index (χ4v) is 3.94. The van der Waals surface area contributed by atoms with Crippen LogP contribution in [-0.4, -0.2) is 24.6 Å². The predicted octanol–water partition coefficient (Wildman–Crippen LogP) is 2.69. The first kappa shape index (κ1) is 15.6. The Morgan fingerprint density at radius 3 is 2.39 bits per heavy atom. The Morgan fingerprint density at radius 2 is 1.78 bits per heavy atom. The van der Waals surface area contributed by atoms with Crippen LogP contribution in [0.5, 0.6) is 5.75 Å². The Balaban J connectivity index is 2.29. The molecule has 3 aromatic rings. The topological polar surface area (TPSA) is 68.5 Å². The number of hydrogen-bond acceptors (Lipinski definition) is 4. The van der Waals surface area contributed by atoms with Crippen LogP contribution in [0.25, 0.3) is 10.9 Å². The molecule has 0 amide bonds. The summed E-state index contributed by atoms with van der Waals surface area (Å²) in [4.78, 5) is 0.206. The van der Waals surface area contributed by atoms with Crippen molar-refractivity contribution in [3.8, 4) is 5.75 Å². The normalized spacial score (nSPS) is 11.8. The van der Waals surface area contributed by atoms with Gasteiger partial charge in [0.2, 0.25) is 0 Å². The Hall–Kier alpha value is -2.31. The zero-order chi connectivity index (χ0) is 16.6. The highest BCUT2D eigenvalue weighted by Crippen LogP contribution is 2.32. The number of aromatic nitrogens is 1. The maximum absolute atomic E-state index is 12.9. The lowest BCUT2D eigenvalue weighted by Gasteiger charge is -2.11. The first-order chi connectivity index (χ1) is 11.0. The van der Waals surface area contributed by atoms with E-state index < -0.39 is 10.0 Å². The van der Waals surface area contributed by atoms with Gasteiger partial charge in [-0.2, -0.15) is 0 Å². The summed E-state index contributed by atoms with van der Waals surface area (Å²) in [6.45, 7) is 1.73. The fourth-order valence-electron chi connectivity index (χ4n) is 2.59. The molecule has 3 rings (SSSR count). The van der Waals surface area contributed by atoms with E-state index >= 15 is 0 Å². The highest BCUT2D eigenvalue weighted by molar-refractivity contribution is 7.90. The number of benzene rings is 2. The molecule has 0 unspecified atom stereocenters. The average molecular weight is 331 g/mol. The van der Waals surface area contributed by atoms with Crippen molar-refractivity contribution in [2.24, 2.45) is 0 Å². The molecular weight excluding hydrogens is 314 g/mol. The number of hydrogen-bond donors (Lipinski definition) is 1. The van der Waals surface area contributed by atoms with E-state index in [-0.39, 0.29) is 11.5 Å². The molecule has 0 saturated heterocycles. The number of aliphatic hydroxyl groups is 1. The van der Waals surface area contributed by atoms with Gasteiger partial charge >= 0.3 is 0 Å². The van der Waals surface area contributed by atoms with Crippen molar-refractivity contribution in [2.45, 2.75) is 18.4 Å². The Kier molecular flexibility index (Phi) is 3.87. The summed E-state index contributed by atoms with van der Waals surface area (Å²) in [5, 5.41) is 10.1. The third-order valence-electron chi connectivity index (χ3n) is 3.84. The van der Waals surface area contributed by atoms with Crippen molar-refractivity contribution < 1.29 is 18.3 Å². The van der Waals surface area contributed by atoms with E-state index in [1.165, 1.54) is 17.3 Å². The molecule has 0 saturated carbocycles. The number of aryl methyl sites for hydroxylation is 1. The van der Waals surface area contributed by atoms with Crippen LogP contribution in [0.1, 0.15) is 11.1 Å². The summed E-state index contributed by atoms with van der Waals surface area (Å²) < 4.78 is 32.4. The highest BCUT2D eigenvalue weighted by Gasteiger charge is 2.22. The number of rotatable bonds is 4. The van der Waals surface area contributed by atoms with E-state index in [1.807, 2.05) is 6.92 Å². The summed E-state index contributed by atoms with van der Waals surface area (Å²) in [6, 6.07) is 11.7. The minimum Gasteiger partial charge on any atom is -0.495 e. The molecule has 0 bridgehead atoms. The highest BCUT2D eigenvalue weighted by atomic mass is 32.2. The Bertz CT molecular complexity index is 956. The molecule has 1 heterocycles. The molecule has 0 fully saturated rings. The molecule has 6 heteroatoms. The molecule has 0 spiro atoms. The van der Waals surface area contributed by atoms with Crippen LogP contribution in [-0.2, 0) is 16.6 Å². The van der Waals surface area contributed by atoms with Gasteiger partial charge in [-0.1, -0.05) is 23.8 Å². The second-order valence-electron chi connectivity index (χ2n) is 5.28. The zero-order valence-electron chi connectivity index (χ0n) is 12.9. The van der Waals surface area contributed by atoms with E-state index in [1.54, 1.807) is 42.5 Å². The van der Waals surface area contributed by atoms with E-state index in [4.69, 9.17) is 4.74 Å². The summed E-state index contributed by atoms with van der Waals surface area (Å²) in [5.74, 6) is 0.442. The molecule has 5 nitrogen and oxygen atoms in total. The average Bonchev–Trinajstić information content (AvgIpc) is 3.00. The van der Waals surface area contributed by atoms with Crippen LogP contribution >= 0.6 is 0 Å². The maximum Gasteiger partial charge on any atom is 0.268 e. The van der Waals surface area contributed by atoms with Gasteiger partial charge in [-0.3, -0.25) is 0 Å². The van der Waals surface area contributed by atoms with Crippen LogP contribution in [0.2, 0.25) is 0 Å². The van der Waals surface area contributed by atoms with Gasteiger partial charge in [0.05, 0.1) is 18.6 Å². The van der Waals surface area contributed by atoms with E-state index in [0.717, 1.165) is 5.56 Å². The molecule has 0 radical (unpaired) electrons. The minimum absolute atomic E-state index is 0.172. The molecular formula is C17H17NO4S. The van der Waals surface area contributed by atoms with E-state index in [0.29, 0.717) is 22.2 Å². The predicted molar refractivity (Wildman–Crippen MR) is 88.2 cm³/mol. The standard InChI is InChI=1S/C17H17NO4S/c1-12-3-6-14(7-4-12)23(20,21)18-10-9-15-13(11-19)5-8-16(22-2)17(15)18/h3-10,19H,11H2,1-2H3. The van der Waals surface area contributed by atoms with Gasteiger partial charge in [0.1, 0.15) is 11.3 Å². The molecule has 0 aliphatic rings. The lowest BCUT2D eigenvalue weighted by atomic mass is 10.1. The van der Waals surface area contributed by atoms with Crippen LogP contribution in [0.3, 0.4) is 0 Å². The SMILES string of the molecule is COc1ccc(CO)c2ccn(S(=O)(=O)c3ccc(C)cc3)c12. The number of nitrogens with zero attached hydrogens (tertiary/aromatic N) is 1. The Labute approximate surface area is 134 Å². The first-order valence-corrected chi connectivity index (χ1v) is 8.53. The van der Waals surface area contributed by atoms with Crippen LogP contribution in [0.15, 0.2) is 53.6 Å². The van der Waals surface area contributed by atoms with Gasteiger partial charge in [-0.05, 0) is 36.8 Å². The Morgan fingerprint density at radius 1 is 1.09 bits per heavy atom. The van der Waals surface area contributed by atoms with Gasteiger partial charge < -0.3 is 9.84 Å². The lowest BCUT2D eigenvalue weighted by Crippen LogP contribution is -2.12. The molecule has 1 N–H and O–H groups in total. The van der Waals surface area contributed by atoms with Crippen LogP contribution < -0.4 is 4.74 Å². The number of ether oxygens (including phenoxy) is 1. The molecule has 0 atom stereocenters. The molecule has 23 heavy (non-hydrogen) atoms. The quantitative estimate of drug-likeness (QED) is 0.798. The van der Waals surface area contributed by atoms with Crippen LogP contribution in [0.4, 0.5) is 0 Å². The largest absolute Gasteiger partial charge is 0.495 e. The van der Waals surface area contributed by atoms with Crippen molar-refractivity contribution >= 4 is 20.9 Å². The van der Waals surface area contributed by atoms with Crippen molar-refractivity contribution in [1.82, 2.24) is 3.97 Å². The van der Waals surface area contributed by atoms with Gasteiger partial charge in [0, 0.05) is 11.6 Å². The second-order valence-corrected chi connectivity index (χ2v) is 7.09. The van der Waals surface area contributed by atoms with Crippen molar-refractivity contribution in [3.05, 3.63) is 59.8 Å². The van der Waals surface area contributed by atoms with Crippen molar-refractivity contribution in [2.75, 3.05) is 7.11 Å². The van der Waals surface area contributed by atoms with Crippen molar-refractivity contribution in [3.63, 3.8) is 0 Å². The van der Waals surface area contributed by atoms with Gasteiger partial charge in [-0.25, -0.2) is 12.4 Å². The third-order valence-corrected chi connectivity index (χ3v) is 5.53. The summed E-state index contributed by atoms with van der Waals surface area (Å²) in [7, 11) is -2.25. The minimum atomic E-state index is -3.74. The van der Waals surface area contributed by atoms with Gasteiger partial charge in [0.25, 0.3) is 10.0 Å². The molecule has 0 aliphatic heterocycles. The molecule has 0 aliphatic carbocycles. The summed E-state index contributed by atoms with van der Waals surface area (Å²) >= 11 is 0. The maximum atomic E-state index is 12.9. The van der Waals surface area contributed by atoms with E-state index in [2.05, 4.69) is 0 Å². The smallest absolute Gasteiger partial charge is 0.268 e. The van der Waals surface area contributed by atoms with Gasteiger partial charge in [-0.15, -0.1) is 0 Å². The zero-order valence-corrected chi connectivity index (χ0v) is 13.7. The van der Waals surface area contributed by atoms with Crippen molar-refractivity contribution in [1.29, 1.82) is 0 Å². The number of aliphatic hydroxyl groups excluding tert-OH is 1. The molecule has 120 valence electrons. The summed E-state index contributed by atoms with van der Waals surface area (Å²) in [6.07, 6.45) is 1.49. The number of methoxy groups -OCH3 is 1. The number of fused-ring (bicyclic) bond motifs is 1. The third kappa shape index (κ3) is 2.50. The monoisotopic (exact) mass is 331 g/mol. The molecule has 2 aromatic carbocycles. The summed E-state index contributed by atoms with van der Waals surface area (Å²) in [5.41, 5.74) is 2.07. The second kappa shape index (κ2) is 5.72. The van der Waals surface area contributed by atoms with Crippen LogP contribution in [0, 0.1) is 6.92 Å². The molecule has 1 aromatic heterocycles. The fraction of sp³-hybridized carbons (Fsp3) is 0.176. The lowest BCUT2D eigenvalue weighted by molar-refractivity contribution is 0.283. The van der Waals surface area contributed by atoms with Gasteiger partial charge in [0.15, 0.2) is 0 Å².